The molecule has 8 heteroatoms. The SMILES string of the molecule is COc1ccc2c(c1)c(-c1cc3c(C(F)(F)F)ncnc3[nH]1)cn2C. The molecule has 0 saturated heterocycles. The molecule has 25 heavy (non-hydrogen) atoms. The van der Waals surface area contributed by atoms with Gasteiger partial charge in [0.05, 0.1) is 12.5 Å². The van der Waals surface area contributed by atoms with Gasteiger partial charge in [-0.05, 0) is 24.3 Å². The Morgan fingerprint density at radius 3 is 2.64 bits per heavy atom. The molecule has 5 nitrogen and oxygen atoms in total. The first-order chi connectivity index (χ1) is 11.9. The fraction of sp³-hybridized carbons (Fsp3) is 0.176. The minimum absolute atomic E-state index is 0.0510. The summed E-state index contributed by atoms with van der Waals surface area (Å²) in [6.45, 7) is 0. The Morgan fingerprint density at radius 1 is 1.12 bits per heavy atom. The molecule has 1 N–H and O–H groups in total. The van der Waals surface area contributed by atoms with E-state index in [-0.39, 0.29) is 11.0 Å². The van der Waals surface area contributed by atoms with Crippen molar-refractivity contribution in [3.8, 4) is 17.0 Å². The number of ether oxygens (including phenoxy) is 1. The van der Waals surface area contributed by atoms with Gasteiger partial charge in [-0.3, -0.25) is 0 Å². The van der Waals surface area contributed by atoms with E-state index in [9.17, 15) is 13.2 Å². The topological polar surface area (TPSA) is 55.7 Å². The molecule has 0 spiro atoms. The van der Waals surface area contributed by atoms with Gasteiger partial charge >= 0.3 is 6.18 Å². The molecular formula is C17H13F3N4O. The lowest BCUT2D eigenvalue weighted by molar-refractivity contribution is -0.139. The van der Waals surface area contributed by atoms with Crippen molar-refractivity contribution in [2.75, 3.05) is 7.11 Å². The van der Waals surface area contributed by atoms with E-state index in [1.54, 1.807) is 7.11 Å². The lowest BCUT2D eigenvalue weighted by Crippen LogP contribution is -2.08. The number of rotatable bonds is 2. The average Bonchev–Trinajstić information content (AvgIpc) is 3.14. The Kier molecular flexibility index (Phi) is 3.24. The van der Waals surface area contributed by atoms with E-state index >= 15 is 0 Å². The van der Waals surface area contributed by atoms with Crippen molar-refractivity contribution in [1.29, 1.82) is 0 Å². The van der Waals surface area contributed by atoms with Crippen LogP contribution < -0.4 is 4.74 Å². The Morgan fingerprint density at radius 2 is 1.92 bits per heavy atom. The van der Waals surface area contributed by atoms with Crippen LogP contribution in [0.2, 0.25) is 0 Å². The molecule has 1 aromatic carbocycles. The molecule has 0 radical (unpaired) electrons. The van der Waals surface area contributed by atoms with Crippen LogP contribution in [0.15, 0.2) is 36.8 Å². The highest BCUT2D eigenvalue weighted by Gasteiger charge is 2.35. The van der Waals surface area contributed by atoms with E-state index < -0.39 is 11.9 Å². The summed E-state index contributed by atoms with van der Waals surface area (Å²) in [6, 6.07) is 7.03. The molecule has 0 aliphatic heterocycles. The molecule has 0 bridgehead atoms. The molecule has 0 amide bonds. The summed E-state index contributed by atoms with van der Waals surface area (Å²) < 4.78 is 46.6. The molecular weight excluding hydrogens is 333 g/mol. The largest absolute Gasteiger partial charge is 0.497 e. The number of aromatic amines is 1. The van der Waals surface area contributed by atoms with E-state index in [1.165, 1.54) is 6.07 Å². The molecule has 3 aromatic heterocycles. The number of benzene rings is 1. The van der Waals surface area contributed by atoms with Crippen LogP contribution in [0.5, 0.6) is 5.75 Å². The summed E-state index contributed by atoms with van der Waals surface area (Å²) in [5.74, 6) is 0.673. The monoisotopic (exact) mass is 346 g/mol. The van der Waals surface area contributed by atoms with Crippen molar-refractivity contribution in [2.24, 2.45) is 7.05 Å². The maximum Gasteiger partial charge on any atom is 0.434 e. The van der Waals surface area contributed by atoms with Gasteiger partial charge in [0.2, 0.25) is 0 Å². The highest BCUT2D eigenvalue weighted by Crippen LogP contribution is 2.37. The van der Waals surface area contributed by atoms with Gasteiger partial charge in [-0.15, -0.1) is 0 Å². The molecule has 0 aliphatic carbocycles. The number of methoxy groups -OCH3 is 1. The highest BCUT2D eigenvalue weighted by atomic mass is 19.4. The maximum absolute atomic E-state index is 13.2. The normalized spacial score (nSPS) is 12.2. The van der Waals surface area contributed by atoms with Crippen LogP contribution in [0.25, 0.3) is 33.2 Å². The van der Waals surface area contributed by atoms with Crippen molar-refractivity contribution in [3.05, 3.63) is 42.5 Å². The first kappa shape index (κ1) is 15.5. The van der Waals surface area contributed by atoms with Gasteiger partial charge in [0, 0.05) is 35.4 Å². The third-order valence-electron chi connectivity index (χ3n) is 4.18. The molecule has 4 rings (SSSR count). The van der Waals surface area contributed by atoms with Crippen LogP contribution >= 0.6 is 0 Å². The van der Waals surface area contributed by atoms with E-state index in [0.717, 1.165) is 22.8 Å². The third kappa shape index (κ3) is 2.41. The Balaban J connectivity index is 1.98. The van der Waals surface area contributed by atoms with Gasteiger partial charge in [-0.25, -0.2) is 9.97 Å². The number of hydrogen-bond donors (Lipinski definition) is 1. The summed E-state index contributed by atoms with van der Waals surface area (Å²) in [6.07, 6.45) is -1.77. The summed E-state index contributed by atoms with van der Waals surface area (Å²) in [4.78, 5) is 10.3. The number of fused-ring (bicyclic) bond motifs is 2. The number of halogens is 3. The van der Waals surface area contributed by atoms with Crippen LogP contribution in [0, 0.1) is 0 Å². The van der Waals surface area contributed by atoms with Crippen molar-refractivity contribution in [1.82, 2.24) is 19.5 Å². The van der Waals surface area contributed by atoms with Crippen LogP contribution in [-0.4, -0.2) is 26.6 Å². The Hall–Kier alpha value is -3.03. The molecule has 4 aromatic rings. The molecule has 0 unspecified atom stereocenters. The minimum Gasteiger partial charge on any atom is -0.497 e. The van der Waals surface area contributed by atoms with Gasteiger partial charge in [-0.2, -0.15) is 13.2 Å². The molecule has 0 aliphatic rings. The lowest BCUT2D eigenvalue weighted by atomic mass is 10.1. The standard InChI is InChI=1S/C17H13F3N4O/c1-24-7-12(10-5-9(25-2)3-4-14(10)24)13-6-11-15(17(18,19)20)21-8-22-16(11)23-13/h3-8H,1-2H3,(H,21,22,23). The van der Waals surface area contributed by atoms with Crippen LogP contribution in [0.4, 0.5) is 13.2 Å². The van der Waals surface area contributed by atoms with Crippen molar-refractivity contribution >= 4 is 21.9 Å². The van der Waals surface area contributed by atoms with Crippen LogP contribution in [0.1, 0.15) is 5.69 Å². The second-order valence-electron chi connectivity index (χ2n) is 5.70. The fourth-order valence-corrected chi connectivity index (χ4v) is 3.02. The van der Waals surface area contributed by atoms with Gasteiger partial charge in [0.25, 0.3) is 0 Å². The van der Waals surface area contributed by atoms with Crippen molar-refractivity contribution in [3.63, 3.8) is 0 Å². The fourth-order valence-electron chi connectivity index (χ4n) is 3.02. The zero-order valence-electron chi connectivity index (χ0n) is 13.3. The first-order valence-corrected chi connectivity index (χ1v) is 7.43. The highest BCUT2D eigenvalue weighted by molar-refractivity contribution is 5.98. The molecule has 0 fully saturated rings. The zero-order chi connectivity index (χ0) is 17.8. The summed E-state index contributed by atoms with van der Waals surface area (Å²) >= 11 is 0. The molecule has 128 valence electrons. The lowest BCUT2D eigenvalue weighted by Gasteiger charge is -2.04. The number of alkyl halides is 3. The van der Waals surface area contributed by atoms with Gasteiger partial charge in [0.1, 0.15) is 17.7 Å². The predicted molar refractivity (Wildman–Crippen MR) is 87.4 cm³/mol. The Bertz CT molecular complexity index is 1090. The quantitative estimate of drug-likeness (QED) is 0.593. The number of hydrogen-bond acceptors (Lipinski definition) is 3. The number of nitrogens with zero attached hydrogens (tertiary/aromatic N) is 3. The number of aryl methyl sites for hydroxylation is 1. The minimum atomic E-state index is -4.54. The number of H-pyrrole nitrogens is 1. The van der Waals surface area contributed by atoms with Crippen molar-refractivity contribution in [2.45, 2.75) is 6.18 Å². The number of aromatic nitrogens is 4. The van der Waals surface area contributed by atoms with E-state index in [1.807, 2.05) is 36.0 Å². The first-order valence-electron chi connectivity index (χ1n) is 7.43. The average molecular weight is 346 g/mol. The second-order valence-corrected chi connectivity index (χ2v) is 5.70. The maximum atomic E-state index is 13.2. The van der Waals surface area contributed by atoms with Gasteiger partial charge in [-0.1, -0.05) is 0 Å². The van der Waals surface area contributed by atoms with E-state index in [0.29, 0.717) is 11.4 Å². The summed E-state index contributed by atoms with van der Waals surface area (Å²) in [7, 11) is 3.44. The summed E-state index contributed by atoms with van der Waals surface area (Å²) in [5.41, 5.74) is 1.45. The van der Waals surface area contributed by atoms with Crippen LogP contribution in [-0.2, 0) is 13.2 Å². The van der Waals surface area contributed by atoms with Crippen molar-refractivity contribution < 1.29 is 17.9 Å². The predicted octanol–water partition coefficient (Wildman–Crippen LogP) is 4.14. The third-order valence-corrected chi connectivity index (χ3v) is 4.18. The van der Waals surface area contributed by atoms with E-state index in [2.05, 4.69) is 15.0 Å². The number of nitrogens with one attached hydrogen (secondary N) is 1. The second kappa shape index (κ2) is 5.23. The molecule has 3 heterocycles. The van der Waals surface area contributed by atoms with Gasteiger partial charge < -0.3 is 14.3 Å². The smallest absolute Gasteiger partial charge is 0.434 e. The Labute approximate surface area is 140 Å². The summed E-state index contributed by atoms with van der Waals surface area (Å²) in [5, 5.41) is 0.819. The zero-order valence-corrected chi connectivity index (χ0v) is 13.3. The van der Waals surface area contributed by atoms with E-state index in [4.69, 9.17) is 4.74 Å². The van der Waals surface area contributed by atoms with Crippen LogP contribution in [0.3, 0.4) is 0 Å². The van der Waals surface area contributed by atoms with Gasteiger partial charge in [0.15, 0.2) is 5.69 Å². The molecule has 0 saturated carbocycles. The molecule has 0 atom stereocenters.